The number of aryl methyl sites for hydroxylation is 1. The van der Waals surface area contributed by atoms with Crippen LogP contribution in [0, 0.1) is 18.3 Å². The van der Waals surface area contributed by atoms with E-state index in [-0.39, 0.29) is 0 Å². The average molecular weight is 377 g/mol. The molecule has 1 N–H and O–H groups in total. The van der Waals surface area contributed by atoms with Crippen molar-refractivity contribution in [2.45, 2.75) is 25.3 Å². The Balaban J connectivity index is 1.95. The molecule has 2 nitrogen and oxygen atoms in total. The zero-order chi connectivity index (χ0) is 20.1. The van der Waals surface area contributed by atoms with Crippen LogP contribution in [0.2, 0.25) is 0 Å². The van der Waals surface area contributed by atoms with Crippen LogP contribution in [0.5, 0.6) is 0 Å². The number of nitriles is 1. The quantitative estimate of drug-likeness (QED) is 0.401. The minimum Gasteiger partial charge on any atom is -0.372 e. The maximum absolute atomic E-state index is 9.44. The summed E-state index contributed by atoms with van der Waals surface area (Å²) in [6, 6.07) is 36.2. The predicted molar refractivity (Wildman–Crippen MR) is 121 cm³/mol. The topological polar surface area (TPSA) is 35.8 Å². The molecule has 2 heteroatoms. The van der Waals surface area contributed by atoms with Crippen LogP contribution in [0.1, 0.15) is 29.5 Å². The summed E-state index contributed by atoms with van der Waals surface area (Å²) in [5.41, 5.74) is 4.10. The monoisotopic (exact) mass is 376 g/mol. The van der Waals surface area contributed by atoms with E-state index in [2.05, 4.69) is 97.2 Å². The number of fused-ring (bicyclic) bond motifs is 1. The van der Waals surface area contributed by atoms with Crippen LogP contribution in [-0.4, -0.2) is 0 Å². The molecule has 142 valence electrons. The molecule has 0 fully saturated rings. The second-order valence-electron chi connectivity index (χ2n) is 7.49. The van der Waals surface area contributed by atoms with E-state index in [1.54, 1.807) is 0 Å². The Morgan fingerprint density at radius 2 is 1.48 bits per heavy atom. The van der Waals surface area contributed by atoms with Crippen molar-refractivity contribution < 1.29 is 0 Å². The van der Waals surface area contributed by atoms with Gasteiger partial charge in [-0.3, -0.25) is 0 Å². The van der Waals surface area contributed by atoms with E-state index >= 15 is 0 Å². The van der Waals surface area contributed by atoms with Crippen molar-refractivity contribution in [2.75, 3.05) is 5.32 Å². The molecule has 0 aromatic heterocycles. The summed E-state index contributed by atoms with van der Waals surface area (Å²) in [5.74, 6) is 0. The number of hydrogen-bond donors (Lipinski definition) is 1. The van der Waals surface area contributed by atoms with Gasteiger partial charge in [-0.05, 0) is 53.4 Å². The molecule has 0 aliphatic heterocycles. The molecule has 0 aliphatic carbocycles. The summed E-state index contributed by atoms with van der Waals surface area (Å²) in [4.78, 5) is 0. The second-order valence-corrected chi connectivity index (χ2v) is 7.49. The highest BCUT2D eigenvalue weighted by molar-refractivity contribution is 5.83. The van der Waals surface area contributed by atoms with Crippen LogP contribution in [0.3, 0.4) is 0 Å². The van der Waals surface area contributed by atoms with Crippen molar-refractivity contribution in [1.82, 2.24) is 0 Å². The minimum absolute atomic E-state index is 0.459. The standard InChI is InChI=1S/C27H24N2/c1-21-9-7-12-24(19-21)27(17-8-18-28,29-26-13-3-2-4-14-26)25-16-15-22-10-5-6-11-23(22)20-25/h2-7,9-16,19-20,29H,8,17H2,1H3. The molecule has 0 spiro atoms. The molecule has 4 aromatic rings. The lowest BCUT2D eigenvalue weighted by Crippen LogP contribution is -2.37. The molecule has 0 saturated heterocycles. The SMILES string of the molecule is Cc1cccc(C(CCC#N)(Nc2ccccc2)c2ccc3ccccc3c2)c1. The summed E-state index contributed by atoms with van der Waals surface area (Å²) in [6.45, 7) is 2.11. The lowest BCUT2D eigenvalue weighted by Gasteiger charge is -2.37. The number of nitrogens with zero attached hydrogens (tertiary/aromatic N) is 1. The Hall–Kier alpha value is -3.57. The molecule has 29 heavy (non-hydrogen) atoms. The van der Waals surface area contributed by atoms with Crippen molar-refractivity contribution in [1.29, 1.82) is 5.26 Å². The number of hydrogen-bond acceptors (Lipinski definition) is 2. The van der Waals surface area contributed by atoms with Gasteiger partial charge in [0, 0.05) is 12.1 Å². The van der Waals surface area contributed by atoms with Crippen molar-refractivity contribution in [2.24, 2.45) is 0 Å². The third-order valence-corrected chi connectivity index (χ3v) is 5.50. The zero-order valence-electron chi connectivity index (χ0n) is 16.6. The Morgan fingerprint density at radius 3 is 2.24 bits per heavy atom. The molecule has 4 aromatic carbocycles. The smallest absolute Gasteiger partial charge is 0.0889 e. The lowest BCUT2D eigenvalue weighted by molar-refractivity contribution is 0.544. The summed E-state index contributed by atoms with van der Waals surface area (Å²) in [7, 11) is 0. The highest BCUT2D eigenvalue weighted by Gasteiger charge is 2.34. The molecule has 0 saturated carbocycles. The summed E-state index contributed by atoms with van der Waals surface area (Å²) < 4.78 is 0. The van der Waals surface area contributed by atoms with Crippen LogP contribution >= 0.6 is 0 Å². The van der Waals surface area contributed by atoms with Crippen LogP contribution in [0.25, 0.3) is 10.8 Å². The summed E-state index contributed by atoms with van der Waals surface area (Å²) >= 11 is 0. The van der Waals surface area contributed by atoms with Gasteiger partial charge >= 0.3 is 0 Å². The Labute approximate surface area is 172 Å². The second kappa shape index (κ2) is 8.20. The van der Waals surface area contributed by atoms with Gasteiger partial charge in [-0.2, -0.15) is 5.26 Å². The Morgan fingerprint density at radius 1 is 0.759 bits per heavy atom. The van der Waals surface area contributed by atoms with Crippen LogP contribution in [0.4, 0.5) is 5.69 Å². The average Bonchev–Trinajstić information content (AvgIpc) is 2.77. The van der Waals surface area contributed by atoms with E-state index in [0.717, 1.165) is 5.69 Å². The molecule has 0 radical (unpaired) electrons. The number of anilines is 1. The van der Waals surface area contributed by atoms with Gasteiger partial charge in [0.25, 0.3) is 0 Å². The van der Waals surface area contributed by atoms with E-state index in [1.807, 2.05) is 18.2 Å². The van der Waals surface area contributed by atoms with Gasteiger partial charge in [0.05, 0.1) is 11.6 Å². The molecular formula is C27H24N2. The fourth-order valence-electron chi connectivity index (χ4n) is 4.04. The highest BCUT2D eigenvalue weighted by atomic mass is 15.0. The first-order chi connectivity index (χ1) is 14.2. The van der Waals surface area contributed by atoms with Gasteiger partial charge in [-0.15, -0.1) is 0 Å². The van der Waals surface area contributed by atoms with Crippen LogP contribution in [0.15, 0.2) is 97.1 Å². The highest BCUT2D eigenvalue weighted by Crippen LogP contribution is 2.39. The van der Waals surface area contributed by atoms with Crippen molar-refractivity contribution in [3.8, 4) is 6.07 Å². The normalized spacial score (nSPS) is 12.8. The summed E-state index contributed by atoms with van der Waals surface area (Å²) in [5, 5.41) is 15.7. The van der Waals surface area contributed by atoms with Gasteiger partial charge in [-0.1, -0.05) is 84.4 Å². The van der Waals surface area contributed by atoms with Gasteiger partial charge in [0.2, 0.25) is 0 Å². The fraction of sp³-hybridized carbons (Fsp3) is 0.148. The molecule has 1 unspecified atom stereocenters. The maximum atomic E-state index is 9.44. The molecule has 0 heterocycles. The molecule has 0 bridgehead atoms. The maximum Gasteiger partial charge on any atom is 0.0889 e. The van der Waals surface area contributed by atoms with Crippen molar-refractivity contribution in [3.63, 3.8) is 0 Å². The first-order valence-electron chi connectivity index (χ1n) is 9.98. The van der Waals surface area contributed by atoms with E-state index in [9.17, 15) is 5.26 Å². The molecular weight excluding hydrogens is 352 g/mol. The summed E-state index contributed by atoms with van der Waals surface area (Å²) in [6.07, 6.45) is 1.14. The predicted octanol–water partition coefficient (Wildman–Crippen LogP) is 6.81. The van der Waals surface area contributed by atoms with Gasteiger partial charge < -0.3 is 5.32 Å². The fourth-order valence-corrected chi connectivity index (χ4v) is 4.04. The Bertz CT molecular complexity index is 1160. The van der Waals surface area contributed by atoms with Crippen molar-refractivity contribution >= 4 is 16.5 Å². The van der Waals surface area contributed by atoms with Crippen molar-refractivity contribution in [3.05, 3.63) is 114 Å². The van der Waals surface area contributed by atoms with Crippen LogP contribution < -0.4 is 5.32 Å². The first-order valence-corrected chi connectivity index (χ1v) is 9.98. The zero-order valence-corrected chi connectivity index (χ0v) is 16.6. The number of rotatable bonds is 6. The van der Waals surface area contributed by atoms with Gasteiger partial charge in [-0.25, -0.2) is 0 Å². The van der Waals surface area contributed by atoms with E-state index in [0.29, 0.717) is 12.8 Å². The minimum atomic E-state index is -0.493. The van der Waals surface area contributed by atoms with Gasteiger partial charge in [0.15, 0.2) is 0 Å². The largest absolute Gasteiger partial charge is 0.372 e. The number of benzene rings is 4. The van der Waals surface area contributed by atoms with Gasteiger partial charge in [0.1, 0.15) is 0 Å². The molecule has 0 aliphatic rings. The third kappa shape index (κ3) is 3.86. The molecule has 4 rings (SSSR count). The molecule has 0 amide bonds. The number of nitrogens with one attached hydrogen (secondary N) is 1. The van der Waals surface area contributed by atoms with E-state index in [4.69, 9.17) is 0 Å². The first kappa shape index (κ1) is 18.8. The Kier molecular flexibility index (Phi) is 5.31. The third-order valence-electron chi connectivity index (χ3n) is 5.50. The number of para-hydroxylation sites is 1. The van der Waals surface area contributed by atoms with E-state index in [1.165, 1.54) is 27.5 Å². The van der Waals surface area contributed by atoms with Crippen LogP contribution in [-0.2, 0) is 5.54 Å². The van der Waals surface area contributed by atoms with E-state index < -0.39 is 5.54 Å². The molecule has 1 atom stereocenters. The lowest BCUT2D eigenvalue weighted by atomic mass is 9.78.